The summed E-state index contributed by atoms with van der Waals surface area (Å²) in [6, 6.07) is 3.61. The Morgan fingerprint density at radius 2 is 2.16 bits per heavy atom. The minimum atomic E-state index is -0.263. The van der Waals surface area contributed by atoms with Crippen molar-refractivity contribution < 1.29 is 9.53 Å². The van der Waals surface area contributed by atoms with Crippen LogP contribution in [0.3, 0.4) is 0 Å². The van der Waals surface area contributed by atoms with Gasteiger partial charge in [-0.05, 0) is 19.9 Å². The Hall–Kier alpha value is -2.28. The molecule has 0 saturated carbocycles. The number of nitrogens with one attached hydrogen (secondary N) is 1. The van der Waals surface area contributed by atoms with Crippen LogP contribution in [0.15, 0.2) is 18.5 Å². The van der Waals surface area contributed by atoms with E-state index < -0.39 is 0 Å². The summed E-state index contributed by atoms with van der Waals surface area (Å²) in [5, 5.41) is 6.95. The number of methoxy groups -OCH3 is 1. The van der Waals surface area contributed by atoms with Gasteiger partial charge >= 0.3 is 0 Å². The molecule has 19 heavy (non-hydrogen) atoms. The van der Waals surface area contributed by atoms with Gasteiger partial charge in [0.25, 0.3) is 5.91 Å². The van der Waals surface area contributed by atoms with Crippen LogP contribution >= 0.6 is 0 Å². The van der Waals surface area contributed by atoms with Crippen LogP contribution in [0.5, 0.6) is 0 Å². The normalized spacial score (nSPS) is 10.5. The van der Waals surface area contributed by atoms with Crippen LogP contribution in [-0.4, -0.2) is 39.4 Å². The Kier molecular flexibility index (Phi) is 3.86. The molecule has 0 aliphatic carbocycles. The molecule has 0 aliphatic heterocycles. The number of anilines is 1. The van der Waals surface area contributed by atoms with E-state index in [-0.39, 0.29) is 12.5 Å². The van der Waals surface area contributed by atoms with Gasteiger partial charge in [0.05, 0.1) is 5.69 Å². The lowest BCUT2D eigenvalue weighted by molar-refractivity contribution is -0.119. The lowest BCUT2D eigenvalue weighted by Gasteiger charge is -2.06. The first-order chi connectivity index (χ1) is 9.10. The third kappa shape index (κ3) is 3.14. The van der Waals surface area contributed by atoms with E-state index in [0.29, 0.717) is 11.6 Å². The van der Waals surface area contributed by atoms with Gasteiger partial charge in [0.2, 0.25) is 0 Å². The van der Waals surface area contributed by atoms with Crippen molar-refractivity contribution in [2.75, 3.05) is 19.0 Å². The molecule has 2 rings (SSSR count). The highest BCUT2D eigenvalue weighted by molar-refractivity contribution is 5.90. The number of nitrogens with zero attached hydrogens (tertiary/aromatic N) is 4. The second-order valence-corrected chi connectivity index (χ2v) is 4.08. The molecule has 0 bridgehead atoms. The van der Waals surface area contributed by atoms with E-state index in [1.165, 1.54) is 13.4 Å². The number of aryl methyl sites for hydroxylation is 2. The maximum atomic E-state index is 11.4. The highest BCUT2D eigenvalue weighted by Gasteiger charge is 2.08. The second kappa shape index (κ2) is 5.57. The van der Waals surface area contributed by atoms with Crippen molar-refractivity contribution >= 4 is 11.7 Å². The number of rotatable bonds is 4. The number of amides is 1. The Balaban J connectivity index is 2.24. The number of aromatic nitrogens is 4. The van der Waals surface area contributed by atoms with Crippen LogP contribution in [0.25, 0.3) is 5.82 Å². The lowest BCUT2D eigenvalue weighted by atomic mass is 10.4. The SMILES string of the molecule is COCC(=O)Nc1cc(-n2nc(C)cc2C)ncn1. The van der Waals surface area contributed by atoms with Crippen molar-refractivity contribution in [1.29, 1.82) is 0 Å². The monoisotopic (exact) mass is 261 g/mol. The van der Waals surface area contributed by atoms with E-state index in [1.54, 1.807) is 10.7 Å². The van der Waals surface area contributed by atoms with Gasteiger partial charge < -0.3 is 10.1 Å². The van der Waals surface area contributed by atoms with E-state index in [9.17, 15) is 4.79 Å². The van der Waals surface area contributed by atoms with Crippen LogP contribution in [0.1, 0.15) is 11.4 Å². The largest absolute Gasteiger partial charge is 0.375 e. The van der Waals surface area contributed by atoms with Gasteiger partial charge in [-0.1, -0.05) is 0 Å². The highest BCUT2D eigenvalue weighted by Crippen LogP contribution is 2.12. The molecule has 1 N–H and O–H groups in total. The third-order valence-electron chi connectivity index (χ3n) is 2.42. The number of hydrogen-bond donors (Lipinski definition) is 1. The van der Waals surface area contributed by atoms with Gasteiger partial charge in [0.15, 0.2) is 5.82 Å². The third-order valence-corrected chi connectivity index (χ3v) is 2.42. The maximum absolute atomic E-state index is 11.4. The molecule has 0 radical (unpaired) electrons. The zero-order chi connectivity index (χ0) is 13.8. The molecule has 0 unspecified atom stereocenters. The molecule has 2 aromatic rings. The average Bonchev–Trinajstić information content (AvgIpc) is 2.69. The molecule has 0 fully saturated rings. The smallest absolute Gasteiger partial charge is 0.251 e. The Morgan fingerprint density at radius 3 is 2.79 bits per heavy atom. The number of ether oxygens (including phenoxy) is 1. The Bertz CT molecular complexity index is 594. The van der Waals surface area contributed by atoms with Gasteiger partial charge in [-0.2, -0.15) is 5.10 Å². The molecule has 1 amide bonds. The molecule has 0 atom stereocenters. The summed E-state index contributed by atoms with van der Waals surface area (Å²) in [7, 11) is 1.46. The predicted molar refractivity (Wildman–Crippen MR) is 69.1 cm³/mol. The first-order valence-electron chi connectivity index (χ1n) is 5.74. The quantitative estimate of drug-likeness (QED) is 0.882. The van der Waals surface area contributed by atoms with E-state index >= 15 is 0 Å². The van der Waals surface area contributed by atoms with Crippen LogP contribution in [0.2, 0.25) is 0 Å². The number of carbonyl (C=O) groups excluding carboxylic acids is 1. The van der Waals surface area contributed by atoms with E-state index in [2.05, 4.69) is 20.4 Å². The number of hydrogen-bond acceptors (Lipinski definition) is 5. The molecule has 100 valence electrons. The van der Waals surface area contributed by atoms with Crippen molar-refractivity contribution in [2.45, 2.75) is 13.8 Å². The summed E-state index contributed by atoms with van der Waals surface area (Å²) < 4.78 is 6.44. The van der Waals surface area contributed by atoms with Gasteiger partial charge in [-0.25, -0.2) is 14.6 Å². The minimum Gasteiger partial charge on any atom is -0.375 e. The molecule has 0 aliphatic rings. The highest BCUT2D eigenvalue weighted by atomic mass is 16.5. The molecule has 7 heteroatoms. The molecule has 0 saturated heterocycles. The van der Waals surface area contributed by atoms with Crippen molar-refractivity contribution in [3.05, 3.63) is 29.8 Å². The van der Waals surface area contributed by atoms with Gasteiger partial charge in [0.1, 0.15) is 18.8 Å². The molecular formula is C12H15N5O2. The molecule has 0 aromatic carbocycles. The lowest BCUT2D eigenvalue weighted by Crippen LogP contribution is -2.18. The number of carbonyl (C=O) groups is 1. The zero-order valence-corrected chi connectivity index (χ0v) is 11.0. The van der Waals surface area contributed by atoms with Crippen LogP contribution < -0.4 is 5.32 Å². The predicted octanol–water partition coefficient (Wildman–Crippen LogP) is 0.864. The maximum Gasteiger partial charge on any atom is 0.251 e. The van der Waals surface area contributed by atoms with E-state index in [0.717, 1.165) is 11.4 Å². The summed E-state index contributed by atoms with van der Waals surface area (Å²) >= 11 is 0. The molecule has 7 nitrogen and oxygen atoms in total. The fraction of sp³-hybridized carbons (Fsp3) is 0.333. The first kappa shape index (κ1) is 13.2. The van der Waals surface area contributed by atoms with Crippen molar-refractivity contribution in [2.24, 2.45) is 0 Å². The fourth-order valence-electron chi connectivity index (χ4n) is 1.70. The van der Waals surface area contributed by atoms with Crippen molar-refractivity contribution in [1.82, 2.24) is 19.7 Å². The van der Waals surface area contributed by atoms with Gasteiger partial charge in [-0.3, -0.25) is 4.79 Å². The Morgan fingerprint density at radius 1 is 1.37 bits per heavy atom. The van der Waals surface area contributed by atoms with E-state index in [1.807, 2.05) is 19.9 Å². The standard InChI is InChI=1S/C12H15N5O2/c1-8-4-9(2)17(16-8)11-5-10(13-7-14-11)15-12(18)6-19-3/h4-5,7H,6H2,1-3H3,(H,13,14,15,18). The second-order valence-electron chi connectivity index (χ2n) is 4.08. The van der Waals surface area contributed by atoms with Crippen LogP contribution in [-0.2, 0) is 9.53 Å². The summed E-state index contributed by atoms with van der Waals surface area (Å²) in [4.78, 5) is 19.5. The molecule has 0 spiro atoms. The Labute approximate surface area is 110 Å². The first-order valence-corrected chi connectivity index (χ1v) is 5.74. The summed E-state index contributed by atoms with van der Waals surface area (Å²) in [6.07, 6.45) is 1.38. The topological polar surface area (TPSA) is 81.9 Å². The van der Waals surface area contributed by atoms with Crippen molar-refractivity contribution in [3.8, 4) is 5.82 Å². The van der Waals surface area contributed by atoms with Gasteiger partial charge in [0, 0.05) is 18.9 Å². The zero-order valence-electron chi connectivity index (χ0n) is 11.0. The van der Waals surface area contributed by atoms with Gasteiger partial charge in [-0.15, -0.1) is 0 Å². The van der Waals surface area contributed by atoms with Crippen LogP contribution in [0.4, 0.5) is 5.82 Å². The van der Waals surface area contributed by atoms with Crippen molar-refractivity contribution in [3.63, 3.8) is 0 Å². The van der Waals surface area contributed by atoms with E-state index in [4.69, 9.17) is 4.74 Å². The summed E-state index contributed by atoms with van der Waals surface area (Å²) in [5.74, 6) is 0.758. The summed E-state index contributed by atoms with van der Waals surface area (Å²) in [6.45, 7) is 3.83. The fourth-order valence-corrected chi connectivity index (χ4v) is 1.70. The minimum absolute atomic E-state index is 0.0146. The summed E-state index contributed by atoms with van der Waals surface area (Å²) in [5.41, 5.74) is 1.87. The molecule has 2 heterocycles. The molecular weight excluding hydrogens is 246 g/mol. The van der Waals surface area contributed by atoms with Crippen LogP contribution in [0, 0.1) is 13.8 Å². The molecule has 2 aromatic heterocycles. The average molecular weight is 261 g/mol.